The molecule has 25 heavy (non-hydrogen) atoms. The zero-order chi connectivity index (χ0) is 17.7. The highest BCUT2D eigenvalue weighted by atomic mass is 32.2. The van der Waals surface area contributed by atoms with Crippen molar-refractivity contribution in [2.24, 2.45) is 5.92 Å². The molecule has 1 aromatic carbocycles. The normalized spacial score (nSPS) is 25.0. The number of carbonyl (C=O) groups is 1. The Morgan fingerprint density at radius 1 is 1.20 bits per heavy atom. The number of sulfonamides is 1. The molecule has 0 aromatic heterocycles. The molecule has 2 aliphatic heterocycles. The molecule has 1 aromatic rings. The smallest absolute Gasteiger partial charge is 0.243 e. The minimum Gasteiger partial charge on any atom is -0.355 e. The highest BCUT2D eigenvalue weighted by Crippen LogP contribution is 2.25. The molecule has 1 amide bonds. The highest BCUT2D eigenvalue weighted by molar-refractivity contribution is 7.89. The maximum atomic E-state index is 12.9. The fourth-order valence-electron chi connectivity index (χ4n) is 3.66. The number of carbonyl (C=O) groups excluding carboxylic acids is 1. The average molecular weight is 365 g/mol. The molecule has 138 valence electrons. The molecule has 0 aliphatic carbocycles. The third kappa shape index (κ3) is 4.40. The van der Waals surface area contributed by atoms with Crippen molar-refractivity contribution in [1.82, 2.24) is 14.9 Å². The van der Waals surface area contributed by atoms with E-state index in [-0.39, 0.29) is 10.8 Å². The predicted octanol–water partition coefficient (Wildman–Crippen LogP) is 1.35. The molecule has 2 unspecified atom stereocenters. The summed E-state index contributed by atoms with van der Waals surface area (Å²) in [6.07, 6.45) is 4.35. The first-order chi connectivity index (χ1) is 12.1. The van der Waals surface area contributed by atoms with E-state index < -0.39 is 16.1 Å². The third-order valence-corrected chi connectivity index (χ3v) is 7.04. The number of nitrogens with one attached hydrogen (secondary N) is 2. The Labute approximate surface area is 150 Å². The van der Waals surface area contributed by atoms with Gasteiger partial charge in [0.2, 0.25) is 15.9 Å². The van der Waals surface area contributed by atoms with E-state index in [0.29, 0.717) is 25.4 Å². The summed E-state index contributed by atoms with van der Waals surface area (Å²) in [7, 11) is -3.63. The van der Waals surface area contributed by atoms with Crippen molar-refractivity contribution < 1.29 is 13.2 Å². The Balaban J connectivity index is 1.64. The fourth-order valence-corrected chi connectivity index (χ4v) is 5.34. The SMILES string of the molecule is O=C(NCCC1CCNC1)C1CCCCN1S(=O)(=O)c1ccccc1. The Morgan fingerprint density at radius 3 is 2.72 bits per heavy atom. The largest absolute Gasteiger partial charge is 0.355 e. The van der Waals surface area contributed by atoms with E-state index in [0.717, 1.165) is 38.8 Å². The number of hydrogen-bond donors (Lipinski definition) is 2. The second kappa shape index (κ2) is 8.29. The van der Waals surface area contributed by atoms with Crippen LogP contribution >= 0.6 is 0 Å². The van der Waals surface area contributed by atoms with Gasteiger partial charge in [0.25, 0.3) is 0 Å². The number of amides is 1. The molecule has 6 nitrogen and oxygen atoms in total. The first-order valence-electron chi connectivity index (χ1n) is 9.14. The number of benzene rings is 1. The lowest BCUT2D eigenvalue weighted by molar-refractivity contribution is -0.125. The molecule has 2 aliphatic rings. The lowest BCUT2D eigenvalue weighted by Crippen LogP contribution is -2.52. The van der Waals surface area contributed by atoms with Crippen LogP contribution in [0, 0.1) is 5.92 Å². The lowest BCUT2D eigenvalue weighted by Gasteiger charge is -2.33. The van der Waals surface area contributed by atoms with Crippen LogP contribution in [0.5, 0.6) is 0 Å². The topological polar surface area (TPSA) is 78.5 Å². The molecule has 0 radical (unpaired) electrons. The van der Waals surface area contributed by atoms with Gasteiger partial charge in [-0.05, 0) is 56.8 Å². The van der Waals surface area contributed by atoms with Crippen molar-refractivity contribution in [3.63, 3.8) is 0 Å². The van der Waals surface area contributed by atoms with Crippen molar-refractivity contribution in [1.29, 1.82) is 0 Å². The van der Waals surface area contributed by atoms with Crippen LogP contribution in [-0.4, -0.2) is 50.9 Å². The Bertz CT molecular complexity index is 672. The van der Waals surface area contributed by atoms with Crippen LogP contribution in [-0.2, 0) is 14.8 Å². The van der Waals surface area contributed by atoms with Gasteiger partial charge in [-0.25, -0.2) is 8.42 Å². The van der Waals surface area contributed by atoms with Gasteiger partial charge < -0.3 is 10.6 Å². The van der Waals surface area contributed by atoms with Gasteiger partial charge in [0, 0.05) is 13.1 Å². The molecule has 2 heterocycles. The minimum absolute atomic E-state index is 0.162. The summed E-state index contributed by atoms with van der Waals surface area (Å²) in [6.45, 7) is 3.07. The Morgan fingerprint density at radius 2 is 2.00 bits per heavy atom. The average Bonchev–Trinajstić information content (AvgIpc) is 3.16. The molecule has 0 saturated carbocycles. The van der Waals surface area contributed by atoms with E-state index in [2.05, 4.69) is 10.6 Å². The van der Waals surface area contributed by atoms with Crippen LogP contribution in [0.4, 0.5) is 0 Å². The van der Waals surface area contributed by atoms with Crippen molar-refractivity contribution in [3.05, 3.63) is 30.3 Å². The van der Waals surface area contributed by atoms with Crippen molar-refractivity contribution in [2.45, 2.75) is 43.0 Å². The molecule has 2 N–H and O–H groups in total. The van der Waals surface area contributed by atoms with Gasteiger partial charge in [-0.15, -0.1) is 0 Å². The van der Waals surface area contributed by atoms with Gasteiger partial charge in [-0.1, -0.05) is 24.6 Å². The molecule has 7 heteroatoms. The first-order valence-corrected chi connectivity index (χ1v) is 10.6. The molecule has 2 fully saturated rings. The number of nitrogens with zero attached hydrogens (tertiary/aromatic N) is 1. The van der Waals surface area contributed by atoms with Crippen LogP contribution < -0.4 is 10.6 Å². The van der Waals surface area contributed by atoms with Crippen LogP contribution in [0.3, 0.4) is 0 Å². The standard InChI is InChI=1S/C18H27N3O3S/c22-18(20-12-10-15-9-11-19-14-15)17-8-4-5-13-21(17)25(23,24)16-6-2-1-3-7-16/h1-3,6-7,15,17,19H,4-5,8-14H2,(H,20,22). The summed E-state index contributed by atoms with van der Waals surface area (Å²) in [5.41, 5.74) is 0. The van der Waals surface area contributed by atoms with Gasteiger partial charge in [-0.3, -0.25) is 4.79 Å². The molecule has 3 rings (SSSR count). The minimum atomic E-state index is -3.63. The monoisotopic (exact) mass is 365 g/mol. The molecular formula is C18H27N3O3S. The lowest BCUT2D eigenvalue weighted by atomic mass is 10.0. The zero-order valence-corrected chi connectivity index (χ0v) is 15.3. The summed E-state index contributed by atoms with van der Waals surface area (Å²) >= 11 is 0. The molecule has 2 atom stereocenters. The van der Waals surface area contributed by atoms with Crippen LogP contribution in [0.15, 0.2) is 35.2 Å². The number of piperidine rings is 1. The van der Waals surface area contributed by atoms with Crippen molar-refractivity contribution >= 4 is 15.9 Å². The summed E-state index contributed by atoms with van der Waals surface area (Å²) in [6, 6.07) is 7.79. The summed E-state index contributed by atoms with van der Waals surface area (Å²) in [5, 5.41) is 6.28. The van der Waals surface area contributed by atoms with Crippen LogP contribution in [0.2, 0.25) is 0 Å². The summed E-state index contributed by atoms with van der Waals surface area (Å²) in [4.78, 5) is 12.9. The van der Waals surface area contributed by atoms with Crippen molar-refractivity contribution in [3.8, 4) is 0 Å². The maximum absolute atomic E-state index is 12.9. The van der Waals surface area contributed by atoms with Gasteiger partial charge in [0.1, 0.15) is 6.04 Å². The van der Waals surface area contributed by atoms with E-state index in [1.54, 1.807) is 30.3 Å². The number of hydrogen-bond acceptors (Lipinski definition) is 4. The third-order valence-electron chi connectivity index (χ3n) is 5.12. The van der Waals surface area contributed by atoms with E-state index in [1.165, 1.54) is 4.31 Å². The summed E-state index contributed by atoms with van der Waals surface area (Å²) < 4.78 is 27.2. The van der Waals surface area contributed by atoms with E-state index >= 15 is 0 Å². The second-order valence-corrected chi connectivity index (χ2v) is 8.77. The number of rotatable bonds is 6. The molecule has 0 bridgehead atoms. The van der Waals surface area contributed by atoms with Crippen molar-refractivity contribution in [2.75, 3.05) is 26.2 Å². The zero-order valence-electron chi connectivity index (χ0n) is 14.5. The Hall–Kier alpha value is -1.44. The maximum Gasteiger partial charge on any atom is 0.243 e. The second-order valence-electron chi connectivity index (χ2n) is 6.88. The van der Waals surface area contributed by atoms with Crippen LogP contribution in [0.25, 0.3) is 0 Å². The first kappa shape index (κ1) is 18.4. The summed E-state index contributed by atoms with van der Waals surface area (Å²) in [5.74, 6) is 0.445. The van der Waals surface area contributed by atoms with Gasteiger partial charge >= 0.3 is 0 Å². The van der Waals surface area contributed by atoms with E-state index in [1.807, 2.05) is 0 Å². The molecule has 2 saturated heterocycles. The van der Waals surface area contributed by atoms with Gasteiger partial charge in [0.05, 0.1) is 4.90 Å². The van der Waals surface area contributed by atoms with E-state index in [4.69, 9.17) is 0 Å². The molecule has 0 spiro atoms. The predicted molar refractivity (Wildman–Crippen MR) is 96.6 cm³/mol. The highest BCUT2D eigenvalue weighted by Gasteiger charge is 2.37. The quantitative estimate of drug-likeness (QED) is 0.798. The van der Waals surface area contributed by atoms with Crippen LogP contribution in [0.1, 0.15) is 32.1 Å². The van der Waals surface area contributed by atoms with Gasteiger partial charge in [0.15, 0.2) is 0 Å². The Kier molecular flexibility index (Phi) is 6.09. The van der Waals surface area contributed by atoms with Gasteiger partial charge in [-0.2, -0.15) is 4.31 Å². The fraction of sp³-hybridized carbons (Fsp3) is 0.611. The molecular weight excluding hydrogens is 338 g/mol. The van der Waals surface area contributed by atoms with E-state index in [9.17, 15) is 13.2 Å².